The second-order valence-corrected chi connectivity index (χ2v) is 5.04. The number of para-hydroxylation sites is 1. The molecule has 1 amide bonds. The van der Waals surface area contributed by atoms with E-state index in [4.69, 9.17) is 0 Å². The number of aromatic nitrogens is 3. The second-order valence-electron chi connectivity index (χ2n) is 5.04. The van der Waals surface area contributed by atoms with E-state index in [1.165, 1.54) is 23.0 Å². The third-order valence-electron chi connectivity index (χ3n) is 3.50. The molecule has 2 aromatic carbocycles. The maximum Gasteiger partial charge on any atom is 0.277 e. The van der Waals surface area contributed by atoms with Gasteiger partial charge < -0.3 is 5.32 Å². The van der Waals surface area contributed by atoms with E-state index in [0.29, 0.717) is 11.3 Å². The van der Waals surface area contributed by atoms with Gasteiger partial charge in [0.2, 0.25) is 0 Å². The van der Waals surface area contributed by atoms with Gasteiger partial charge in [0, 0.05) is 6.07 Å². The molecule has 0 bridgehead atoms. The van der Waals surface area contributed by atoms with Crippen LogP contribution in [0.3, 0.4) is 0 Å². The first-order chi connectivity index (χ1) is 11.6. The summed E-state index contributed by atoms with van der Waals surface area (Å²) >= 11 is 0. The van der Waals surface area contributed by atoms with Gasteiger partial charge in [-0.2, -0.15) is 0 Å². The van der Waals surface area contributed by atoms with Crippen molar-refractivity contribution in [2.45, 2.75) is 6.92 Å². The number of nitro groups is 1. The number of benzene rings is 2. The SMILES string of the molecule is Cc1c(NC(=O)c2cn(-c3ccccc3)nn2)cccc1[N+](=O)[O-]. The van der Waals surface area contributed by atoms with Gasteiger partial charge in [-0.1, -0.05) is 29.5 Å². The largest absolute Gasteiger partial charge is 0.320 e. The minimum atomic E-state index is -0.489. The molecule has 120 valence electrons. The van der Waals surface area contributed by atoms with Gasteiger partial charge in [0.25, 0.3) is 11.6 Å². The summed E-state index contributed by atoms with van der Waals surface area (Å²) < 4.78 is 1.48. The highest BCUT2D eigenvalue weighted by molar-refractivity contribution is 6.03. The fourth-order valence-electron chi connectivity index (χ4n) is 2.22. The summed E-state index contributed by atoms with van der Waals surface area (Å²) in [5.74, 6) is -0.485. The predicted octanol–water partition coefficient (Wildman–Crippen LogP) is 2.74. The molecule has 1 N–H and O–H groups in total. The molecule has 0 aliphatic rings. The molecule has 0 unspecified atom stereocenters. The molecule has 1 heterocycles. The second kappa shape index (κ2) is 6.29. The number of nitrogens with zero attached hydrogens (tertiary/aromatic N) is 4. The lowest BCUT2D eigenvalue weighted by atomic mass is 10.1. The Bertz CT molecular complexity index is 905. The topological polar surface area (TPSA) is 103 Å². The molecule has 0 aliphatic carbocycles. The molecule has 0 radical (unpaired) electrons. The van der Waals surface area contributed by atoms with Crippen LogP contribution in [0.15, 0.2) is 54.7 Å². The van der Waals surface area contributed by atoms with E-state index in [1.54, 1.807) is 13.0 Å². The van der Waals surface area contributed by atoms with Gasteiger partial charge in [-0.05, 0) is 25.1 Å². The Hall–Kier alpha value is -3.55. The smallest absolute Gasteiger partial charge is 0.277 e. The van der Waals surface area contributed by atoms with Crippen molar-refractivity contribution in [2.24, 2.45) is 0 Å². The maximum absolute atomic E-state index is 12.3. The molecule has 0 fully saturated rings. The predicted molar refractivity (Wildman–Crippen MR) is 87.1 cm³/mol. The van der Waals surface area contributed by atoms with Crippen molar-refractivity contribution in [1.29, 1.82) is 0 Å². The number of amides is 1. The normalized spacial score (nSPS) is 10.4. The molecular weight excluding hydrogens is 310 g/mol. The van der Waals surface area contributed by atoms with Crippen LogP contribution in [0.25, 0.3) is 5.69 Å². The molecule has 3 rings (SSSR count). The lowest BCUT2D eigenvalue weighted by molar-refractivity contribution is -0.385. The molecular formula is C16H13N5O3. The Morgan fingerprint density at radius 2 is 1.92 bits per heavy atom. The molecule has 0 spiro atoms. The van der Waals surface area contributed by atoms with E-state index in [2.05, 4.69) is 15.6 Å². The average molecular weight is 323 g/mol. The first-order valence-corrected chi connectivity index (χ1v) is 7.09. The number of anilines is 1. The van der Waals surface area contributed by atoms with E-state index in [9.17, 15) is 14.9 Å². The van der Waals surface area contributed by atoms with Crippen LogP contribution >= 0.6 is 0 Å². The number of nitrogens with one attached hydrogen (secondary N) is 1. The summed E-state index contributed by atoms with van der Waals surface area (Å²) in [4.78, 5) is 22.8. The zero-order valence-electron chi connectivity index (χ0n) is 12.7. The van der Waals surface area contributed by atoms with Gasteiger partial charge in [0.1, 0.15) is 0 Å². The Labute approximate surface area is 136 Å². The fraction of sp³-hybridized carbons (Fsp3) is 0.0625. The van der Waals surface area contributed by atoms with E-state index in [1.807, 2.05) is 30.3 Å². The van der Waals surface area contributed by atoms with Crippen molar-refractivity contribution in [3.8, 4) is 5.69 Å². The Balaban J connectivity index is 1.83. The van der Waals surface area contributed by atoms with E-state index in [0.717, 1.165) is 5.69 Å². The van der Waals surface area contributed by atoms with Crippen molar-refractivity contribution in [1.82, 2.24) is 15.0 Å². The molecule has 0 aliphatic heterocycles. The van der Waals surface area contributed by atoms with Gasteiger partial charge in [-0.25, -0.2) is 4.68 Å². The minimum Gasteiger partial charge on any atom is -0.320 e. The van der Waals surface area contributed by atoms with Crippen LogP contribution < -0.4 is 5.32 Å². The molecule has 1 aromatic heterocycles. The third-order valence-corrected chi connectivity index (χ3v) is 3.50. The summed E-state index contributed by atoms with van der Waals surface area (Å²) in [7, 11) is 0. The van der Waals surface area contributed by atoms with E-state index < -0.39 is 10.8 Å². The molecule has 8 nitrogen and oxygen atoms in total. The van der Waals surface area contributed by atoms with Crippen LogP contribution in [0.5, 0.6) is 0 Å². The molecule has 8 heteroatoms. The summed E-state index contributed by atoms with van der Waals surface area (Å²) in [6, 6.07) is 13.7. The highest BCUT2D eigenvalue weighted by Crippen LogP contribution is 2.25. The molecule has 0 saturated carbocycles. The van der Waals surface area contributed by atoms with Crippen LogP contribution in [-0.2, 0) is 0 Å². The number of hydrogen-bond donors (Lipinski definition) is 1. The van der Waals surface area contributed by atoms with Gasteiger partial charge >= 0.3 is 0 Å². The standard InChI is InChI=1S/C16H13N5O3/c1-11-13(8-5-9-15(11)21(23)24)17-16(22)14-10-20(19-18-14)12-6-3-2-4-7-12/h2-10H,1H3,(H,17,22). The lowest BCUT2D eigenvalue weighted by Gasteiger charge is -2.06. The Kier molecular flexibility index (Phi) is 4.02. The summed E-state index contributed by atoms with van der Waals surface area (Å²) in [5.41, 5.74) is 1.58. The van der Waals surface area contributed by atoms with Crippen LogP contribution in [0.1, 0.15) is 16.1 Å². The number of hydrogen-bond acceptors (Lipinski definition) is 5. The lowest BCUT2D eigenvalue weighted by Crippen LogP contribution is -2.13. The van der Waals surface area contributed by atoms with Crippen molar-refractivity contribution < 1.29 is 9.72 Å². The van der Waals surface area contributed by atoms with Crippen molar-refractivity contribution >= 4 is 17.3 Å². The van der Waals surface area contributed by atoms with Crippen LogP contribution in [0.2, 0.25) is 0 Å². The van der Waals surface area contributed by atoms with Crippen molar-refractivity contribution in [2.75, 3.05) is 5.32 Å². The number of rotatable bonds is 4. The van der Waals surface area contributed by atoms with Gasteiger partial charge in [-0.3, -0.25) is 14.9 Å². The monoisotopic (exact) mass is 323 g/mol. The average Bonchev–Trinajstić information content (AvgIpc) is 3.07. The summed E-state index contributed by atoms with van der Waals surface area (Å²) in [6.07, 6.45) is 1.50. The van der Waals surface area contributed by atoms with Gasteiger partial charge in [0.05, 0.1) is 28.1 Å². The first-order valence-electron chi connectivity index (χ1n) is 7.09. The van der Waals surface area contributed by atoms with Gasteiger partial charge in [0.15, 0.2) is 5.69 Å². The zero-order chi connectivity index (χ0) is 17.1. The van der Waals surface area contributed by atoms with Gasteiger partial charge in [-0.15, -0.1) is 5.10 Å². The maximum atomic E-state index is 12.3. The van der Waals surface area contributed by atoms with Crippen molar-refractivity contribution in [3.05, 3.63) is 76.1 Å². The fourth-order valence-corrected chi connectivity index (χ4v) is 2.22. The summed E-state index contributed by atoms with van der Waals surface area (Å²) in [6.45, 7) is 1.58. The van der Waals surface area contributed by atoms with Crippen LogP contribution in [0.4, 0.5) is 11.4 Å². The molecule has 24 heavy (non-hydrogen) atoms. The van der Waals surface area contributed by atoms with Crippen LogP contribution in [0, 0.1) is 17.0 Å². The molecule has 0 atom stereocenters. The number of nitro benzene ring substituents is 1. The highest BCUT2D eigenvalue weighted by atomic mass is 16.6. The Morgan fingerprint density at radius 3 is 2.62 bits per heavy atom. The number of carbonyl (C=O) groups is 1. The quantitative estimate of drug-likeness (QED) is 0.587. The third kappa shape index (κ3) is 2.98. The summed E-state index contributed by atoms with van der Waals surface area (Å²) in [5, 5.41) is 21.3. The minimum absolute atomic E-state index is 0.0549. The van der Waals surface area contributed by atoms with E-state index in [-0.39, 0.29) is 11.4 Å². The molecule has 3 aromatic rings. The first kappa shape index (κ1) is 15.3. The highest BCUT2D eigenvalue weighted by Gasteiger charge is 2.17. The van der Waals surface area contributed by atoms with Crippen LogP contribution in [-0.4, -0.2) is 25.8 Å². The number of carbonyl (C=O) groups excluding carboxylic acids is 1. The Morgan fingerprint density at radius 1 is 1.17 bits per heavy atom. The zero-order valence-corrected chi connectivity index (χ0v) is 12.7. The van der Waals surface area contributed by atoms with Crippen molar-refractivity contribution in [3.63, 3.8) is 0 Å². The van der Waals surface area contributed by atoms with E-state index >= 15 is 0 Å². The molecule has 0 saturated heterocycles.